The van der Waals surface area contributed by atoms with Gasteiger partial charge in [0.2, 0.25) is 0 Å². The SMILES string of the molecule is C[C@@H](Nc1cnnc2ncc(N3CCC(C)(O)CC3)cc12)c1cccc(C(F)F)c1F. The van der Waals surface area contributed by atoms with Gasteiger partial charge in [0.15, 0.2) is 5.65 Å². The zero-order chi connectivity index (χ0) is 22.2. The highest BCUT2D eigenvalue weighted by atomic mass is 19.3. The first kappa shape index (κ1) is 21.3. The molecule has 3 aromatic rings. The summed E-state index contributed by atoms with van der Waals surface area (Å²) < 4.78 is 40.7. The molecule has 0 bridgehead atoms. The van der Waals surface area contributed by atoms with Crippen molar-refractivity contribution in [1.29, 1.82) is 0 Å². The van der Waals surface area contributed by atoms with Gasteiger partial charge in [-0.05, 0) is 32.8 Å². The van der Waals surface area contributed by atoms with Crippen molar-refractivity contribution in [3.8, 4) is 0 Å². The molecule has 0 unspecified atom stereocenters. The average Bonchev–Trinajstić information content (AvgIpc) is 2.73. The van der Waals surface area contributed by atoms with Gasteiger partial charge in [0, 0.05) is 24.0 Å². The fourth-order valence-corrected chi connectivity index (χ4v) is 3.85. The molecule has 2 N–H and O–H groups in total. The van der Waals surface area contributed by atoms with E-state index in [1.165, 1.54) is 18.3 Å². The molecule has 1 atom stereocenters. The lowest BCUT2D eigenvalue weighted by atomic mass is 9.93. The Kier molecular flexibility index (Phi) is 5.70. The third-order valence-corrected chi connectivity index (χ3v) is 5.82. The van der Waals surface area contributed by atoms with Crippen LogP contribution in [0.3, 0.4) is 0 Å². The molecule has 0 aliphatic carbocycles. The molecule has 0 saturated carbocycles. The van der Waals surface area contributed by atoms with Gasteiger partial charge in [-0.1, -0.05) is 18.2 Å². The molecule has 0 amide bonds. The number of fused-ring (bicyclic) bond motifs is 1. The highest BCUT2D eigenvalue weighted by molar-refractivity contribution is 5.90. The van der Waals surface area contributed by atoms with Crippen molar-refractivity contribution in [2.45, 2.75) is 44.8 Å². The quantitative estimate of drug-likeness (QED) is 0.614. The average molecular weight is 431 g/mol. The van der Waals surface area contributed by atoms with E-state index in [1.54, 1.807) is 13.1 Å². The standard InChI is InChI=1S/C22H24F3N5O/c1-13(15-4-3-5-16(19(15)23)20(24)25)28-18-12-27-29-21-17(18)10-14(11-26-21)30-8-6-22(2,31)7-9-30/h3-5,10-13,20,31H,6-9H2,1-2H3,(H,26,28,29)/t13-/m1/s1. The number of benzene rings is 1. The molecular formula is C22H24F3N5O. The Morgan fingerprint density at radius 3 is 2.58 bits per heavy atom. The van der Waals surface area contributed by atoms with Crippen LogP contribution in [-0.4, -0.2) is 39.0 Å². The van der Waals surface area contributed by atoms with E-state index < -0.39 is 29.4 Å². The second-order valence-corrected chi connectivity index (χ2v) is 8.22. The van der Waals surface area contributed by atoms with Crippen LogP contribution in [-0.2, 0) is 0 Å². The van der Waals surface area contributed by atoms with Crippen molar-refractivity contribution in [3.05, 3.63) is 53.6 Å². The second kappa shape index (κ2) is 8.30. The van der Waals surface area contributed by atoms with Gasteiger partial charge in [0.25, 0.3) is 6.43 Å². The zero-order valence-corrected chi connectivity index (χ0v) is 17.3. The van der Waals surface area contributed by atoms with Crippen LogP contribution in [0, 0.1) is 5.82 Å². The highest BCUT2D eigenvalue weighted by Crippen LogP contribution is 2.32. The number of aromatic nitrogens is 3. The molecule has 1 aliphatic heterocycles. The molecule has 1 aliphatic rings. The van der Waals surface area contributed by atoms with Crippen molar-refractivity contribution < 1.29 is 18.3 Å². The molecule has 2 aromatic heterocycles. The summed E-state index contributed by atoms with van der Waals surface area (Å²) in [5.74, 6) is -0.914. The summed E-state index contributed by atoms with van der Waals surface area (Å²) in [6.45, 7) is 4.93. The summed E-state index contributed by atoms with van der Waals surface area (Å²) in [7, 11) is 0. The van der Waals surface area contributed by atoms with Crippen LogP contribution in [0.25, 0.3) is 11.0 Å². The van der Waals surface area contributed by atoms with Gasteiger partial charge in [-0.3, -0.25) is 0 Å². The third-order valence-electron chi connectivity index (χ3n) is 5.82. The van der Waals surface area contributed by atoms with E-state index in [2.05, 4.69) is 25.4 Å². The zero-order valence-electron chi connectivity index (χ0n) is 17.3. The monoisotopic (exact) mass is 431 g/mol. The number of alkyl halides is 2. The minimum Gasteiger partial charge on any atom is -0.390 e. The molecule has 3 heterocycles. The van der Waals surface area contributed by atoms with Crippen LogP contribution in [0.1, 0.15) is 50.3 Å². The van der Waals surface area contributed by atoms with E-state index in [9.17, 15) is 18.3 Å². The molecular weight excluding hydrogens is 407 g/mol. The highest BCUT2D eigenvalue weighted by Gasteiger charge is 2.28. The van der Waals surface area contributed by atoms with E-state index in [4.69, 9.17) is 0 Å². The van der Waals surface area contributed by atoms with Crippen molar-refractivity contribution in [2.24, 2.45) is 0 Å². The number of hydrogen-bond acceptors (Lipinski definition) is 6. The molecule has 1 fully saturated rings. The molecule has 0 spiro atoms. The van der Waals surface area contributed by atoms with E-state index in [0.717, 1.165) is 11.8 Å². The Morgan fingerprint density at radius 2 is 1.87 bits per heavy atom. The Labute approximate surface area is 178 Å². The van der Waals surface area contributed by atoms with Crippen LogP contribution in [0.2, 0.25) is 0 Å². The van der Waals surface area contributed by atoms with Gasteiger partial charge >= 0.3 is 0 Å². The smallest absolute Gasteiger partial charge is 0.266 e. The summed E-state index contributed by atoms with van der Waals surface area (Å²) in [6, 6.07) is 5.34. The van der Waals surface area contributed by atoms with Gasteiger partial charge in [0.1, 0.15) is 5.82 Å². The number of hydrogen-bond donors (Lipinski definition) is 2. The number of nitrogens with zero attached hydrogens (tertiary/aromatic N) is 4. The largest absolute Gasteiger partial charge is 0.390 e. The first-order valence-electron chi connectivity index (χ1n) is 10.2. The Morgan fingerprint density at radius 1 is 1.16 bits per heavy atom. The third kappa shape index (κ3) is 4.41. The molecule has 9 heteroatoms. The van der Waals surface area contributed by atoms with Gasteiger partial charge in [0.05, 0.1) is 41.0 Å². The normalized spacial score (nSPS) is 17.2. The lowest BCUT2D eigenvalue weighted by Gasteiger charge is -2.37. The van der Waals surface area contributed by atoms with E-state index >= 15 is 0 Å². The molecule has 6 nitrogen and oxygen atoms in total. The van der Waals surface area contributed by atoms with Gasteiger partial charge in [-0.15, -0.1) is 5.10 Å². The lowest BCUT2D eigenvalue weighted by molar-refractivity contribution is 0.0351. The van der Waals surface area contributed by atoms with Crippen LogP contribution >= 0.6 is 0 Å². The molecule has 1 saturated heterocycles. The molecule has 31 heavy (non-hydrogen) atoms. The van der Waals surface area contributed by atoms with Crippen LogP contribution < -0.4 is 10.2 Å². The van der Waals surface area contributed by atoms with Crippen molar-refractivity contribution in [1.82, 2.24) is 15.2 Å². The number of rotatable bonds is 5. The topological polar surface area (TPSA) is 74.2 Å². The number of anilines is 2. The van der Waals surface area contributed by atoms with Crippen LogP contribution in [0.5, 0.6) is 0 Å². The summed E-state index contributed by atoms with van der Waals surface area (Å²) >= 11 is 0. The second-order valence-electron chi connectivity index (χ2n) is 8.22. The van der Waals surface area contributed by atoms with E-state index in [1.807, 2.05) is 13.0 Å². The van der Waals surface area contributed by atoms with Gasteiger partial charge in [-0.2, -0.15) is 5.10 Å². The predicted octanol–water partition coefficient (Wildman–Crippen LogP) is 4.63. The minimum atomic E-state index is -2.88. The Balaban J connectivity index is 1.63. The first-order chi connectivity index (χ1) is 14.7. The van der Waals surface area contributed by atoms with Crippen molar-refractivity contribution in [3.63, 3.8) is 0 Å². The van der Waals surface area contributed by atoms with Crippen molar-refractivity contribution >= 4 is 22.4 Å². The number of nitrogens with one attached hydrogen (secondary N) is 1. The van der Waals surface area contributed by atoms with Crippen molar-refractivity contribution in [2.75, 3.05) is 23.3 Å². The fourth-order valence-electron chi connectivity index (χ4n) is 3.85. The summed E-state index contributed by atoms with van der Waals surface area (Å²) in [6.07, 6.45) is 1.66. The lowest BCUT2D eigenvalue weighted by Crippen LogP contribution is -2.42. The van der Waals surface area contributed by atoms with Gasteiger partial charge < -0.3 is 15.3 Å². The van der Waals surface area contributed by atoms with E-state index in [-0.39, 0.29) is 5.56 Å². The number of piperidine rings is 1. The van der Waals surface area contributed by atoms with Crippen LogP contribution in [0.15, 0.2) is 36.7 Å². The first-order valence-corrected chi connectivity index (χ1v) is 10.2. The Bertz CT molecular complexity index is 1080. The molecule has 164 valence electrons. The maximum Gasteiger partial charge on any atom is 0.266 e. The predicted molar refractivity (Wildman–Crippen MR) is 113 cm³/mol. The number of pyridine rings is 1. The summed E-state index contributed by atoms with van der Waals surface area (Å²) in [5, 5.41) is 22.1. The number of aliphatic hydroxyl groups is 1. The Hall–Kier alpha value is -2.94. The molecule has 0 radical (unpaired) electrons. The maximum absolute atomic E-state index is 14.6. The van der Waals surface area contributed by atoms with E-state index in [0.29, 0.717) is 42.7 Å². The fraction of sp³-hybridized carbons (Fsp3) is 0.409. The van der Waals surface area contributed by atoms with Gasteiger partial charge in [-0.25, -0.2) is 18.2 Å². The molecule has 4 rings (SSSR count). The maximum atomic E-state index is 14.6. The summed E-state index contributed by atoms with van der Waals surface area (Å²) in [4.78, 5) is 6.54. The molecule has 1 aromatic carbocycles. The minimum absolute atomic E-state index is 0.144. The number of halogens is 3. The summed E-state index contributed by atoms with van der Waals surface area (Å²) in [5.41, 5.74) is 0.756. The van der Waals surface area contributed by atoms with Crippen LogP contribution in [0.4, 0.5) is 24.5 Å².